The van der Waals surface area contributed by atoms with Crippen LogP contribution in [0.1, 0.15) is 5.56 Å². The maximum Gasteiger partial charge on any atom is 0.349 e. The Morgan fingerprint density at radius 3 is 2.58 bits per heavy atom. The van der Waals surface area contributed by atoms with Gasteiger partial charge in [-0.05, 0) is 29.8 Å². The monoisotopic (exact) mass is 447 g/mol. The molecule has 31 heavy (non-hydrogen) atoms. The van der Waals surface area contributed by atoms with E-state index in [0.29, 0.717) is 22.6 Å². The molecule has 1 amide bonds. The number of esters is 1. The van der Waals surface area contributed by atoms with Crippen LogP contribution in [0.3, 0.4) is 0 Å². The first kappa shape index (κ1) is 21.8. The van der Waals surface area contributed by atoms with Crippen LogP contribution in [-0.2, 0) is 14.3 Å². The highest BCUT2D eigenvalue weighted by Crippen LogP contribution is 2.30. The van der Waals surface area contributed by atoms with Crippen LogP contribution < -0.4 is 10.1 Å². The molecule has 0 saturated heterocycles. The summed E-state index contributed by atoms with van der Waals surface area (Å²) < 4.78 is 50.1. The van der Waals surface area contributed by atoms with Gasteiger partial charge in [0, 0.05) is 0 Å². The number of hydrogen-bond donors (Lipinski definition) is 1. The molecule has 0 aliphatic heterocycles. The number of amides is 1. The number of nitriles is 1. The Morgan fingerprint density at radius 2 is 1.94 bits per heavy atom. The summed E-state index contributed by atoms with van der Waals surface area (Å²) in [5.41, 5.74) is -0.244. The second-order valence-electron chi connectivity index (χ2n) is 5.92. The van der Waals surface area contributed by atoms with E-state index in [9.17, 15) is 22.8 Å². The number of anilines is 1. The molecule has 0 fully saturated rings. The summed E-state index contributed by atoms with van der Waals surface area (Å²) in [6.07, 6.45) is 1.28. The Hall–Kier alpha value is -3.91. The molecular weight excluding hydrogens is 435 g/mol. The lowest BCUT2D eigenvalue weighted by molar-refractivity contribution is -0.142. The number of rotatable bonds is 6. The SMILES string of the molecule is COc1ccc(C=C(C#N)C(=O)OCC(=O)Nc2nc3c(F)c(F)c(F)cc3s2)cc1. The number of carbonyl (C=O) groups is 2. The smallest absolute Gasteiger partial charge is 0.349 e. The summed E-state index contributed by atoms with van der Waals surface area (Å²) >= 11 is 0.708. The number of thiazole rings is 1. The molecule has 2 aromatic carbocycles. The van der Waals surface area contributed by atoms with E-state index in [1.165, 1.54) is 13.2 Å². The van der Waals surface area contributed by atoms with Crippen LogP contribution in [0.5, 0.6) is 5.75 Å². The predicted molar refractivity (Wildman–Crippen MR) is 106 cm³/mol. The lowest BCUT2D eigenvalue weighted by Crippen LogP contribution is -2.21. The predicted octanol–water partition coefficient (Wildman–Crippen LogP) is 3.81. The molecule has 0 spiro atoms. The van der Waals surface area contributed by atoms with Gasteiger partial charge in [-0.25, -0.2) is 22.9 Å². The number of nitrogens with one attached hydrogen (secondary N) is 1. The average Bonchev–Trinajstić information content (AvgIpc) is 3.16. The third-order valence-corrected chi connectivity index (χ3v) is 4.79. The second kappa shape index (κ2) is 9.27. The number of ether oxygens (including phenoxy) is 2. The third kappa shape index (κ3) is 4.99. The zero-order chi connectivity index (χ0) is 22.5. The molecule has 7 nitrogen and oxygen atoms in total. The zero-order valence-electron chi connectivity index (χ0n) is 15.7. The zero-order valence-corrected chi connectivity index (χ0v) is 16.6. The van der Waals surface area contributed by atoms with Crippen LogP contribution in [-0.4, -0.2) is 30.6 Å². The minimum Gasteiger partial charge on any atom is -0.497 e. The highest BCUT2D eigenvalue weighted by Gasteiger charge is 2.19. The molecule has 0 atom stereocenters. The summed E-state index contributed by atoms with van der Waals surface area (Å²) in [5, 5.41) is 11.3. The van der Waals surface area contributed by atoms with E-state index in [-0.39, 0.29) is 15.4 Å². The summed E-state index contributed by atoms with van der Waals surface area (Å²) in [4.78, 5) is 27.7. The van der Waals surface area contributed by atoms with Crippen molar-refractivity contribution in [2.75, 3.05) is 19.0 Å². The van der Waals surface area contributed by atoms with Crippen molar-refractivity contribution < 1.29 is 32.2 Å². The molecule has 0 radical (unpaired) electrons. The molecule has 3 rings (SSSR count). The van der Waals surface area contributed by atoms with Crippen LogP contribution in [0, 0.1) is 28.8 Å². The molecule has 0 aliphatic rings. The molecule has 3 aromatic rings. The molecule has 0 aliphatic carbocycles. The highest BCUT2D eigenvalue weighted by atomic mass is 32.1. The number of halogens is 3. The van der Waals surface area contributed by atoms with E-state index < -0.39 is 41.5 Å². The van der Waals surface area contributed by atoms with Gasteiger partial charge in [0.25, 0.3) is 5.91 Å². The molecular formula is C20H12F3N3O4S. The number of methoxy groups -OCH3 is 1. The minimum atomic E-state index is -1.67. The van der Waals surface area contributed by atoms with Gasteiger partial charge in [0.15, 0.2) is 29.2 Å². The van der Waals surface area contributed by atoms with Crippen LogP contribution in [0.4, 0.5) is 18.3 Å². The van der Waals surface area contributed by atoms with E-state index in [2.05, 4.69) is 10.3 Å². The normalized spacial score (nSPS) is 11.1. The van der Waals surface area contributed by atoms with Crippen molar-refractivity contribution in [3.05, 3.63) is 58.9 Å². The molecule has 1 heterocycles. The number of fused-ring (bicyclic) bond motifs is 1. The van der Waals surface area contributed by atoms with E-state index in [4.69, 9.17) is 14.7 Å². The number of hydrogen-bond acceptors (Lipinski definition) is 7. The topological polar surface area (TPSA) is 101 Å². The van der Waals surface area contributed by atoms with Crippen LogP contribution in [0.15, 0.2) is 35.9 Å². The largest absolute Gasteiger partial charge is 0.497 e. The van der Waals surface area contributed by atoms with E-state index in [1.54, 1.807) is 30.3 Å². The van der Waals surface area contributed by atoms with E-state index in [1.807, 2.05) is 0 Å². The van der Waals surface area contributed by atoms with Gasteiger partial charge in [-0.15, -0.1) is 0 Å². The Kier molecular flexibility index (Phi) is 6.52. The summed E-state index contributed by atoms with van der Waals surface area (Å²) in [7, 11) is 1.50. The van der Waals surface area contributed by atoms with Crippen LogP contribution in [0.2, 0.25) is 0 Å². The van der Waals surface area contributed by atoms with Gasteiger partial charge in [-0.3, -0.25) is 10.1 Å². The fourth-order valence-electron chi connectivity index (χ4n) is 2.40. The maximum absolute atomic E-state index is 13.7. The van der Waals surface area contributed by atoms with Gasteiger partial charge in [0.05, 0.1) is 11.8 Å². The third-order valence-electron chi connectivity index (χ3n) is 3.87. The highest BCUT2D eigenvalue weighted by molar-refractivity contribution is 7.22. The van der Waals surface area contributed by atoms with Gasteiger partial charge in [-0.2, -0.15) is 5.26 Å². The van der Waals surface area contributed by atoms with Gasteiger partial charge in [-0.1, -0.05) is 23.5 Å². The van der Waals surface area contributed by atoms with Crippen LogP contribution in [0.25, 0.3) is 16.3 Å². The molecule has 1 aromatic heterocycles. The quantitative estimate of drug-likeness (QED) is 0.267. The van der Waals surface area contributed by atoms with Gasteiger partial charge >= 0.3 is 5.97 Å². The molecule has 0 saturated carbocycles. The number of carbonyl (C=O) groups excluding carboxylic acids is 2. The Balaban J connectivity index is 1.63. The Bertz CT molecular complexity index is 1230. The number of aromatic nitrogens is 1. The summed E-state index contributed by atoms with van der Waals surface area (Å²) in [5.74, 6) is -5.80. The first-order chi connectivity index (χ1) is 14.8. The summed E-state index contributed by atoms with van der Waals surface area (Å²) in [6, 6.07) is 8.95. The lowest BCUT2D eigenvalue weighted by Gasteiger charge is -2.04. The van der Waals surface area contributed by atoms with Gasteiger partial charge in [0.1, 0.15) is 22.9 Å². The van der Waals surface area contributed by atoms with Crippen molar-refractivity contribution in [2.24, 2.45) is 0 Å². The molecule has 0 bridgehead atoms. The standard InChI is InChI=1S/C20H12F3N3O4S/c1-29-12-4-2-10(3-5-12)6-11(8-24)19(28)30-9-15(27)25-20-26-18-14(31-20)7-13(21)16(22)17(18)23/h2-7H,9H2,1H3,(H,25,26,27). The van der Waals surface area contributed by atoms with Crippen molar-refractivity contribution >= 4 is 44.6 Å². The number of benzene rings is 2. The molecule has 1 N–H and O–H groups in total. The summed E-state index contributed by atoms with van der Waals surface area (Å²) in [6.45, 7) is -0.762. The van der Waals surface area contributed by atoms with E-state index >= 15 is 0 Å². The lowest BCUT2D eigenvalue weighted by atomic mass is 10.1. The first-order valence-electron chi connectivity index (χ1n) is 8.49. The van der Waals surface area contributed by atoms with Gasteiger partial charge < -0.3 is 9.47 Å². The fourth-order valence-corrected chi connectivity index (χ4v) is 3.30. The second-order valence-corrected chi connectivity index (χ2v) is 6.95. The Labute approximate surface area is 177 Å². The minimum absolute atomic E-state index is 0.0158. The molecule has 0 unspecified atom stereocenters. The number of nitrogens with zero attached hydrogens (tertiary/aromatic N) is 2. The van der Waals surface area contributed by atoms with Gasteiger partial charge in [0.2, 0.25) is 0 Å². The Morgan fingerprint density at radius 1 is 1.23 bits per heavy atom. The molecule has 158 valence electrons. The fraction of sp³-hybridized carbons (Fsp3) is 0.100. The van der Waals surface area contributed by atoms with Crippen molar-refractivity contribution in [2.45, 2.75) is 0 Å². The molecule has 11 heteroatoms. The van der Waals surface area contributed by atoms with E-state index in [0.717, 1.165) is 6.07 Å². The maximum atomic E-state index is 13.7. The van der Waals surface area contributed by atoms with Crippen LogP contribution >= 0.6 is 11.3 Å². The van der Waals surface area contributed by atoms with Crippen molar-refractivity contribution in [1.82, 2.24) is 4.98 Å². The van der Waals surface area contributed by atoms with Crippen molar-refractivity contribution in [3.8, 4) is 11.8 Å². The first-order valence-corrected chi connectivity index (χ1v) is 9.31. The van der Waals surface area contributed by atoms with Crippen molar-refractivity contribution in [1.29, 1.82) is 5.26 Å². The van der Waals surface area contributed by atoms with Crippen molar-refractivity contribution in [3.63, 3.8) is 0 Å². The average molecular weight is 447 g/mol.